The molecule has 0 saturated carbocycles. The monoisotopic (exact) mass is 268 g/mol. The summed E-state index contributed by atoms with van der Waals surface area (Å²) in [7, 11) is 1.80. The molecule has 0 bridgehead atoms. The number of nitrogen functional groups attached to an aromatic ring is 1. The number of hydrogen-bond donors (Lipinski definition) is 1. The van der Waals surface area contributed by atoms with Gasteiger partial charge in [0.2, 0.25) is 5.91 Å². The van der Waals surface area contributed by atoms with Gasteiger partial charge in [0.25, 0.3) is 0 Å². The number of anilines is 2. The van der Waals surface area contributed by atoms with Gasteiger partial charge in [-0.25, -0.2) is 0 Å². The molecule has 4 heteroatoms. The Morgan fingerprint density at radius 2 is 2.20 bits per heavy atom. The molecule has 0 aromatic heterocycles. The number of carbonyl (C=O) groups excluding carboxylic acids is 1. The maximum Gasteiger partial charge on any atom is 0.234 e. The van der Waals surface area contributed by atoms with E-state index < -0.39 is 0 Å². The third-order valence-corrected chi connectivity index (χ3v) is 3.61. The number of halogens is 1. The second kappa shape index (κ2) is 3.52. The Morgan fingerprint density at radius 1 is 1.53 bits per heavy atom. The Balaban J connectivity index is 2.61. The number of rotatable bonds is 1. The zero-order valence-electron chi connectivity index (χ0n) is 8.75. The van der Waals surface area contributed by atoms with Gasteiger partial charge in [0.05, 0.1) is 5.92 Å². The number of nitrogens with zero attached hydrogens (tertiary/aromatic N) is 1. The Kier molecular flexibility index (Phi) is 2.46. The van der Waals surface area contributed by atoms with Crippen LogP contribution in [-0.4, -0.2) is 13.0 Å². The van der Waals surface area contributed by atoms with E-state index >= 15 is 0 Å². The van der Waals surface area contributed by atoms with E-state index in [2.05, 4.69) is 15.9 Å². The van der Waals surface area contributed by atoms with Gasteiger partial charge in [-0.1, -0.05) is 6.92 Å². The quantitative estimate of drug-likeness (QED) is 0.796. The van der Waals surface area contributed by atoms with Crippen molar-refractivity contribution in [3.8, 4) is 0 Å². The Labute approximate surface area is 97.4 Å². The first-order valence-electron chi connectivity index (χ1n) is 4.92. The van der Waals surface area contributed by atoms with E-state index in [-0.39, 0.29) is 11.8 Å². The van der Waals surface area contributed by atoms with Crippen molar-refractivity contribution in [1.82, 2.24) is 0 Å². The second-order valence-electron chi connectivity index (χ2n) is 3.79. The van der Waals surface area contributed by atoms with Crippen molar-refractivity contribution in [2.24, 2.45) is 0 Å². The summed E-state index contributed by atoms with van der Waals surface area (Å²) < 4.78 is 0.864. The molecule has 1 aliphatic heterocycles. The third-order valence-electron chi connectivity index (χ3n) is 2.92. The van der Waals surface area contributed by atoms with Crippen LogP contribution in [0.5, 0.6) is 0 Å². The van der Waals surface area contributed by atoms with Crippen LogP contribution in [0.4, 0.5) is 11.4 Å². The van der Waals surface area contributed by atoms with Gasteiger partial charge < -0.3 is 10.6 Å². The van der Waals surface area contributed by atoms with Crippen LogP contribution in [0, 0.1) is 0 Å². The highest BCUT2D eigenvalue weighted by Gasteiger charge is 2.34. The van der Waals surface area contributed by atoms with Gasteiger partial charge in [0, 0.05) is 22.9 Å². The summed E-state index contributed by atoms with van der Waals surface area (Å²) >= 11 is 3.39. The smallest absolute Gasteiger partial charge is 0.234 e. The van der Waals surface area contributed by atoms with Gasteiger partial charge in [-0.15, -0.1) is 0 Å². The Hall–Kier alpha value is -1.03. The van der Waals surface area contributed by atoms with Crippen molar-refractivity contribution in [1.29, 1.82) is 0 Å². The highest BCUT2D eigenvalue weighted by Crippen LogP contribution is 2.41. The summed E-state index contributed by atoms with van der Waals surface area (Å²) in [5.74, 6) is 0.145. The molecule has 2 rings (SSSR count). The molecular formula is C11H13BrN2O. The molecule has 15 heavy (non-hydrogen) atoms. The molecule has 1 heterocycles. The molecule has 0 radical (unpaired) electrons. The van der Waals surface area contributed by atoms with E-state index in [9.17, 15) is 4.79 Å². The van der Waals surface area contributed by atoms with Gasteiger partial charge in [-0.3, -0.25) is 4.79 Å². The number of carbonyl (C=O) groups is 1. The molecule has 0 aliphatic carbocycles. The summed E-state index contributed by atoms with van der Waals surface area (Å²) in [5, 5.41) is 0. The molecule has 2 N–H and O–H groups in total. The number of nitrogens with two attached hydrogens (primary N) is 1. The highest BCUT2D eigenvalue weighted by atomic mass is 79.9. The molecule has 1 aromatic carbocycles. The van der Waals surface area contributed by atoms with Crippen LogP contribution in [-0.2, 0) is 4.79 Å². The number of benzene rings is 1. The SMILES string of the molecule is CCC1C(=O)N(C)c2cc(N)c(Br)cc21. The lowest BCUT2D eigenvalue weighted by Crippen LogP contribution is -2.23. The van der Waals surface area contributed by atoms with Crippen LogP contribution in [0.2, 0.25) is 0 Å². The fourth-order valence-electron chi connectivity index (χ4n) is 2.04. The van der Waals surface area contributed by atoms with Crippen molar-refractivity contribution in [3.63, 3.8) is 0 Å². The predicted octanol–water partition coefficient (Wildman–Crippen LogP) is 2.50. The fraction of sp³-hybridized carbons (Fsp3) is 0.364. The maximum absolute atomic E-state index is 11.9. The van der Waals surface area contributed by atoms with Crippen LogP contribution in [0.1, 0.15) is 24.8 Å². The van der Waals surface area contributed by atoms with Gasteiger partial charge in [0.1, 0.15) is 0 Å². The van der Waals surface area contributed by atoms with E-state index in [1.165, 1.54) is 0 Å². The zero-order chi connectivity index (χ0) is 11.2. The minimum Gasteiger partial charge on any atom is -0.398 e. The summed E-state index contributed by atoms with van der Waals surface area (Å²) in [6.45, 7) is 2.02. The molecule has 80 valence electrons. The van der Waals surface area contributed by atoms with Crippen LogP contribution in [0.15, 0.2) is 16.6 Å². The summed E-state index contributed by atoms with van der Waals surface area (Å²) in [6, 6.07) is 3.81. The van der Waals surface area contributed by atoms with E-state index in [0.717, 1.165) is 22.1 Å². The molecule has 1 aromatic rings. The molecular weight excluding hydrogens is 256 g/mol. The standard InChI is InChI=1S/C11H13BrN2O/c1-3-6-7-4-8(12)9(13)5-10(7)14(2)11(6)15/h4-6H,3,13H2,1-2H3. The number of amides is 1. The lowest BCUT2D eigenvalue weighted by atomic mass is 9.98. The molecule has 1 atom stereocenters. The zero-order valence-corrected chi connectivity index (χ0v) is 10.3. The van der Waals surface area contributed by atoms with Crippen molar-refractivity contribution in [2.45, 2.75) is 19.3 Å². The summed E-state index contributed by atoms with van der Waals surface area (Å²) in [6.07, 6.45) is 0.826. The molecule has 3 nitrogen and oxygen atoms in total. The van der Waals surface area contributed by atoms with Crippen molar-refractivity contribution < 1.29 is 4.79 Å². The second-order valence-corrected chi connectivity index (χ2v) is 4.64. The molecule has 1 amide bonds. The minimum atomic E-state index is -0.0121. The number of fused-ring (bicyclic) bond motifs is 1. The summed E-state index contributed by atoms with van der Waals surface area (Å²) in [5.41, 5.74) is 8.49. The van der Waals surface area contributed by atoms with Gasteiger partial charge in [-0.05, 0) is 40.0 Å². The first-order chi connectivity index (χ1) is 7.06. The summed E-state index contributed by atoms with van der Waals surface area (Å²) in [4.78, 5) is 13.6. The van der Waals surface area contributed by atoms with E-state index in [1.807, 2.05) is 19.1 Å². The van der Waals surface area contributed by atoms with Crippen molar-refractivity contribution in [3.05, 3.63) is 22.2 Å². The fourth-order valence-corrected chi connectivity index (χ4v) is 2.40. The molecule has 0 fully saturated rings. The molecule has 1 unspecified atom stereocenters. The normalized spacial score (nSPS) is 19.5. The molecule has 1 aliphatic rings. The average molecular weight is 269 g/mol. The highest BCUT2D eigenvalue weighted by molar-refractivity contribution is 9.10. The van der Waals surface area contributed by atoms with Crippen LogP contribution in [0.25, 0.3) is 0 Å². The largest absolute Gasteiger partial charge is 0.398 e. The van der Waals surface area contributed by atoms with E-state index in [0.29, 0.717) is 5.69 Å². The van der Waals surface area contributed by atoms with Gasteiger partial charge >= 0.3 is 0 Å². The number of likely N-dealkylation sites (N-methyl/N-ethyl adjacent to an activating group) is 1. The molecule has 0 spiro atoms. The van der Waals surface area contributed by atoms with Crippen LogP contribution in [0.3, 0.4) is 0 Å². The molecule has 0 saturated heterocycles. The maximum atomic E-state index is 11.9. The van der Waals surface area contributed by atoms with Crippen LogP contribution < -0.4 is 10.6 Å². The Morgan fingerprint density at radius 3 is 2.80 bits per heavy atom. The topological polar surface area (TPSA) is 46.3 Å². The lowest BCUT2D eigenvalue weighted by Gasteiger charge is -2.10. The van der Waals surface area contributed by atoms with Crippen LogP contribution >= 0.6 is 15.9 Å². The third kappa shape index (κ3) is 1.44. The van der Waals surface area contributed by atoms with Gasteiger partial charge in [0.15, 0.2) is 0 Å². The number of hydrogen-bond acceptors (Lipinski definition) is 2. The first-order valence-corrected chi connectivity index (χ1v) is 5.72. The average Bonchev–Trinajstić information content (AvgIpc) is 2.42. The predicted molar refractivity (Wildman–Crippen MR) is 65.0 cm³/mol. The van der Waals surface area contributed by atoms with Crippen molar-refractivity contribution >= 4 is 33.2 Å². The van der Waals surface area contributed by atoms with Gasteiger partial charge in [-0.2, -0.15) is 0 Å². The van der Waals surface area contributed by atoms with E-state index in [4.69, 9.17) is 5.73 Å². The van der Waals surface area contributed by atoms with Crippen molar-refractivity contribution in [2.75, 3.05) is 17.7 Å². The lowest BCUT2D eigenvalue weighted by molar-refractivity contribution is -0.119. The van der Waals surface area contributed by atoms with E-state index in [1.54, 1.807) is 11.9 Å². The Bertz CT molecular complexity index is 431. The first kappa shape index (κ1) is 10.5. The minimum absolute atomic E-state index is 0.0121.